The Morgan fingerprint density at radius 1 is 0.484 bits per heavy atom. The average molecular weight is 868 g/mol. The van der Waals surface area contributed by atoms with Crippen LogP contribution in [0, 0.1) is 0 Å². The molecule has 6 nitrogen and oxygen atoms in total. The van der Waals surface area contributed by atoms with E-state index in [-0.39, 0.29) is 24.9 Å². The number of aliphatic hydroxyl groups is 2. The van der Waals surface area contributed by atoms with Crippen molar-refractivity contribution in [3.8, 4) is 0 Å². The molecule has 0 saturated heterocycles. The van der Waals surface area contributed by atoms with E-state index in [2.05, 4.69) is 38.2 Å². The number of amides is 1. The third-order valence-corrected chi connectivity index (χ3v) is 12.0. The summed E-state index contributed by atoms with van der Waals surface area (Å²) in [5, 5.41) is 23.8. The Hall–Kier alpha value is -2.44. The molecule has 0 saturated carbocycles. The van der Waals surface area contributed by atoms with Crippen LogP contribution in [0.25, 0.3) is 0 Å². The number of nitrogens with one attached hydrogen (secondary N) is 1. The maximum absolute atomic E-state index is 13.2. The number of hydrogen-bond donors (Lipinski definition) is 3. The molecule has 0 aliphatic rings. The highest BCUT2D eigenvalue weighted by molar-refractivity contribution is 5.77. The van der Waals surface area contributed by atoms with Crippen molar-refractivity contribution in [2.24, 2.45) is 0 Å². The summed E-state index contributed by atoms with van der Waals surface area (Å²) >= 11 is 0. The van der Waals surface area contributed by atoms with Gasteiger partial charge in [-0.1, -0.05) is 268 Å². The first kappa shape index (κ1) is 59.6. The third-order valence-electron chi connectivity index (χ3n) is 12.0. The molecular formula is C56H101NO5. The van der Waals surface area contributed by atoms with E-state index in [0.29, 0.717) is 25.7 Å². The first-order valence-electron chi connectivity index (χ1n) is 26.6. The van der Waals surface area contributed by atoms with Crippen molar-refractivity contribution >= 4 is 11.9 Å². The molecule has 0 bridgehead atoms. The van der Waals surface area contributed by atoms with Crippen LogP contribution in [0.15, 0.2) is 60.8 Å². The van der Waals surface area contributed by atoms with Crippen molar-refractivity contribution in [2.75, 3.05) is 6.61 Å². The standard InChI is InChI=1S/C56H101NO5/c1-4-7-10-13-16-19-22-25-26-27-28-31-33-36-39-42-45-48-54(59)53(51-58)57-55(60)50-52(47-44-41-38-35-32-29-23-20-17-14-11-8-5-2)62-56(61)49-46-43-40-37-34-30-24-21-18-15-12-9-6-3/h9,12,15,18,21,24,30,34,37,40,52-54,58-59H,4-8,10-11,13-14,16-17,19-20,22-23,25-29,31-33,35-36,38-39,41-51H2,1-3H3,(H,57,60)/b12-9+,18-15+,24-21-,34-30-,40-37+. The van der Waals surface area contributed by atoms with Gasteiger partial charge in [0.15, 0.2) is 0 Å². The average Bonchev–Trinajstić information content (AvgIpc) is 3.26. The summed E-state index contributed by atoms with van der Waals surface area (Å²) in [5.74, 6) is -0.555. The zero-order chi connectivity index (χ0) is 45.2. The molecule has 0 aliphatic carbocycles. The summed E-state index contributed by atoms with van der Waals surface area (Å²) in [6.45, 7) is 6.34. The van der Waals surface area contributed by atoms with E-state index in [9.17, 15) is 19.8 Å². The summed E-state index contributed by atoms with van der Waals surface area (Å²) in [4.78, 5) is 26.1. The highest BCUT2D eigenvalue weighted by Crippen LogP contribution is 2.18. The maximum atomic E-state index is 13.2. The minimum absolute atomic E-state index is 0.0502. The fraction of sp³-hybridized carbons (Fsp3) is 0.786. The predicted octanol–water partition coefficient (Wildman–Crippen LogP) is 16.0. The highest BCUT2D eigenvalue weighted by atomic mass is 16.5. The summed E-state index contributed by atoms with van der Waals surface area (Å²) in [6, 6.07) is -0.716. The number of ether oxygens (including phenoxy) is 1. The van der Waals surface area contributed by atoms with E-state index in [1.165, 1.54) is 154 Å². The van der Waals surface area contributed by atoms with Crippen LogP contribution in [0.2, 0.25) is 0 Å². The van der Waals surface area contributed by atoms with Gasteiger partial charge in [0.1, 0.15) is 6.10 Å². The third kappa shape index (κ3) is 44.2. The molecule has 0 rings (SSSR count). The molecule has 0 radical (unpaired) electrons. The second-order valence-corrected chi connectivity index (χ2v) is 18.0. The van der Waals surface area contributed by atoms with Gasteiger partial charge in [0.25, 0.3) is 0 Å². The summed E-state index contributed by atoms with van der Waals surface area (Å²) < 4.78 is 5.89. The molecular weight excluding hydrogens is 767 g/mol. The van der Waals surface area contributed by atoms with Crippen LogP contribution in [0.3, 0.4) is 0 Å². The number of rotatable bonds is 47. The van der Waals surface area contributed by atoms with E-state index in [0.717, 1.165) is 51.4 Å². The molecule has 0 heterocycles. The van der Waals surface area contributed by atoms with Crippen LogP contribution in [-0.2, 0) is 14.3 Å². The van der Waals surface area contributed by atoms with E-state index in [1.54, 1.807) is 0 Å². The van der Waals surface area contributed by atoms with Gasteiger partial charge >= 0.3 is 5.97 Å². The topological polar surface area (TPSA) is 95.9 Å². The Kier molecular flexibility index (Phi) is 47.6. The number of carbonyl (C=O) groups excluding carboxylic acids is 2. The number of esters is 1. The van der Waals surface area contributed by atoms with Crippen molar-refractivity contribution in [1.29, 1.82) is 0 Å². The van der Waals surface area contributed by atoms with E-state index in [1.807, 2.05) is 48.6 Å². The van der Waals surface area contributed by atoms with Crippen molar-refractivity contribution < 1.29 is 24.5 Å². The van der Waals surface area contributed by atoms with Crippen LogP contribution in [0.4, 0.5) is 0 Å². The zero-order valence-corrected chi connectivity index (χ0v) is 41.0. The quantitative estimate of drug-likeness (QED) is 0.0322. The smallest absolute Gasteiger partial charge is 0.306 e. The van der Waals surface area contributed by atoms with Crippen molar-refractivity contribution in [3.63, 3.8) is 0 Å². The molecule has 0 aromatic rings. The normalized spacial score (nSPS) is 13.7. The van der Waals surface area contributed by atoms with Gasteiger partial charge in [0.05, 0.1) is 25.2 Å². The molecule has 0 spiro atoms. The highest BCUT2D eigenvalue weighted by Gasteiger charge is 2.24. The molecule has 0 aromatic carbocycles. The summed E-state index contributed by atoms with van der Waals surface area (Å²) in [5.41, 5.74) is 0. The van der Waals surface area contributed by atoms with Gasteiger partial charge in [0.2, 0.25) is 5.91 Å². The number of allylic oxidation sites excluding steroid dienone is 10. The van der Waals surface area contributed by atoms with E-state index < -0.39 is 18.2 Å². The molecule has 62 heavy (non-hydrogen) atoms. The molecule has 3 N–H and O–H groups in total. The van der Waals surface area contributed by atoms with Crippen molar-refractivity contribution in [3.05, 3.63) is 60.8 Å². The van der Waals surface area contributed by atoms with Crippen LogP contribution >= 0.6 is 0 Å². The van der Waals surface area contributed by atoms with Crippen LogP contribution in [0.1, 0.15) is 258 Å². The number of aliphatic hydroxyl groups excluding tert-OH is 2. The predicted molar refractivity (Wildman–Crippen MR) is 268 cm³/mol. The van der Waals surface area contributed by atoms with Gasteiger partial charge in [-0.05, 0) is 38.5 Å². The van der Waals surface area contributed by atoms with Gasteiger partial charge in [-0.3, -0.25) is 9.59 Å². The molecule has 0 fully saturated rings. The summed E-state index contributed by atoms with van der Waals surface area (Å²) in [6.07, 6.45) is 61.5. The minimum atomic E-state index is -0.800. The lowest BCUT2D eigenvalue weighted by Gasteiger charge is -2.24. The monoisotopic (exact) mass is 868 g/mol. The van der Waals surface area contributed by atoms with Gasteiger partial charge in [0, 0.05) is 6.42 Å². The SMILES string of the molecule is CC/C=C/C=C/C=C\C=C/C=C/CCCC(=O)OC(CCCCCCCCCCCCCCC)CC(=O)NC(CO)C(O)CCCCCCCCCCCCCCCCCCC. The van der Waals surface area contributed by atoms with Crippen LogP contribution in [0.5, 0.6) is 0 Å². The minimum Gasteiger partial charge on any atom is -0.462 e. The Morgan fingerprint density at radius 3 is 1.26 bits per heavy atom. The molecule has 6 heteroatoms. The Labute approximate surface area is 384 Å². The Balaban J connectivity index is 4.58. The van der Waals surface area contributed by atoms with E-state index >= 15 is 0 Å². The molecule has 1 amide bonds. The number of carbonyl (C=O) groups is 2. The lowest BCUT2D eigenvalue weighted by molar-refractivity contribution is -0.151. The molecule has 3 unspecified atom stereocenters. The van der Waals surface area contributed by atoms with E-state index in [4.69, 9.17) is 4.74 Å². The zero-order valence-electron chi connectivity index (χ0n) is 41.0. The fourth-order valence-corrected chi connectivity index (χ4v) is 7.99. The first-order valence-corrected chi connectivity index (χ1v) is 26.6. The number of hydrogen-bond acceptors (Lipinski definition) is 5. The lowest BCUT2D eigenvalue weighted by atomic mass is 10.0. The molecule has 0 aromatic heterocycles. The number of unbranched alkanes of at least 4 members (excludes halogenated alkanes) is 29. The van der Waals surface area contributed by atoms with Gasteiger partial charge in [-0.25, -0.2) is 0 Å². The Bertz CT molecular complexity index is 1110. The summed E-state index contributed by atoms with van der Waals surface area (Å²) in [7, 11) is 0. The second-order valence-electron chi connectivity index (χ2n) is 18.0. The maximum Gasteiger partial charge on any atom is 0.306 e. The second kappa shape index (κ2) is 49.6. The van der Waals surface area contributed by atoms with Crippen LogP contribution < -0.4 is 5.32 Å². The Morgan fingerprint density at radius 2 is 0.855 bits per heavy atom. The molecule has 3 atom stereocenters. The van der Waals surface area contributed by atoms with Gasteiger partial charge in [-0.2, -0.15) is 0 Å². The molecule has 0 aliphatic heterocycles. The fourth-order valence-electron chi connectivity index (χ4n) is 7.99. The van der Waals surface area contributed by atoms with Gasteiger partial charge in [-0.15, -0.1) is 0 Å². The van der Waals surface area contributed by atoms with Crippen LogP contribution in [-0.4, -0.2) is 46.9 Å². The van der Waals surface area contributed by atoms with Gasteiger partial charge < -0.3 is 20.3 Å². The van der Waals surface area contributed by atoms with Crippen molar-refractivity contribution in [2.45, 2.75) is 277 Å². The molecule has 360 valence electrons. The lowest BCUT2D eigenvalue weighted by Crippen LogP contribution is -2.46. The van der Waals surface area contributed by atoms with Crippen molar-refractivity contribution in [1.82, 2.24) is 5.32 Å². The first-order chi connectivity index (χ1) is 30.5. The largest absolute Gasteiger partial charge is 0.462 e.